The molecule has 1 aromatic carbocycles. The van der Waals surface area contributed by atoms with Crippen molar-refractivity contribution < 1.29 is 9.36 Å². The number of H-pyrrole nitrogens is 1. The van der Waals surface area contributed by atoms with Crippen LogP contribution in [0.5, 0.6) is 0 Å². The standard InChI is InChI=1S/C15H13N2O2P/c1-9-7-10(2)16-13(9)8-12-11-5-3-4-6-14(11)17(20-19)15(12)18/h3-8,16H,1-2H3/p+1. The van der Waals surface area contributed by atoms with Gasteiger partial charge in [-0.15, -0.1) is 0 Å². The number of amides is 1. The van der Waals surface area contributed by atoms with Crippen LogP contribution >= 0.6 is 8.61 Å². The first kappa shape index (κ1) is 12.8. The quantitative estimate of drug-likeness (QED) is 0.678. The summed E-state index contributed by atoms with van der Waals surface area (Å²) in [5.74, 6) is -0.216. The van der Waals surface area contributed by atoms with E-state index in [2.05, 4.69) is 4.98 Å². The topological polar surface area (TPSA) is 53.2 Å². The molecule has 1 amide bonds. The minimum atomic E-state index is -0.809. The zero-order valence-corrected chi connectivity index (χ0v) is 12.2. The van der Waals surface area contributed by atoms with Gasteiger partial charge in [0.1, 0.15) is 5.69 Å². The molecule has 0 saturated carbocycles. The first-order valence-electron chi connectivity index (χ1n) is 6.31. The van der Waals surface area contributed by atoms with E-state index >= 15 is 0 Å². The molecule has 2 aromatic rings. The predicted octanol–water partition coefficient (Wildman–Crippen LogP) is 3.46. The second-order valence-electron chi connectivity index (χ2n) is 4.86. The van der Waals surface area contributed by atoms with Gasteiger partial charge in [0.2, 0.25) is 0 Å². The Hall–Kier alpha value is -2.19. The second kappa shape index (κ2) is 4.73. The van der Waals surface area contributed by atoms with Crippen molar-refractivity contribution in [3.05, 3.63) is 52.8 Å². The van der Waals surface area contributed by atoms with Crippen LogP contribution in [0.2, 0.25) is 0 Å². The van der Waals surface area contributed by atoms with Crippen LogP contribution in [-0.4, -0.2) is 10.9 Å². The number of fused-ring (bicyclic) bond motifs is 1. The lowest BCUT2D eigenvalue weighted by Gasteiger charge is -1.97. The van der Waals surface area contributed by atoms with E-state index in [4.69, 9.17) is 0 Å². The summed E-state index contributed by atoms with van der Waals surface area (Å²) in [6, 6.07) is 9.44. The number of aromatic amines is 1. The van der Waals surface area contributed by atoms with Crippen LogP contribution in [0.15, 0.2) is 30.3 Å². The molecule has 2 heterocycles. The number of anilines is 1. The average Bonchev–Trinajstić information content (AvgIpc) is 2.88. The number of hydrogen-bond acceptors (Lipinski definition) is 2. The van der Waals surface area contributed by atoms with Crippen LogP contribution in [0.3, 0.4) is 0 Å². The number of aromatic nitrogens is 1. The van der Waals surface area contributed by atoms with Gasteiger partial charge in [-0.25, -0.2) is 0 Å². The highest BCUT2D eigenvalue weighted by molar-refractivity contribution is 7.28. The van der Waals surface area contributed by atoms with Gasteiger partial charge >= 0.3 is 8.61 Å². The lowest BCUT2D eigenvalue weighted by Crippen LogP contribution is -2.14. The van der Waals surface area contributed by atoms with Crippen molar-refractivity contribution >= 4 is 31.9 Å². The highest BCUT2D eigenvalue weighted by Crippen LogP contribution is 2.40. The summed E-state index contributed by atoms with van der Waals surface area (Å²) in [6.45, 7) is 3.97. The number of benzene rings is 1. The fourth-order valence-corrected chi connectivity index (χ4v) is 3.01. The zero-order valence-electron chi connectivity index (χ0n) is 11.2. The molecule has 5 heteroatoms. The minimum absolute atomic E-state index is 0.216. The molecule has 4 nitrogen and oxygen atoms in total. The molecule has 0 fully saturated rings. The Labute approximate surface area is 118 Å². The molecule has 0 radical (unpaired) electrons. The third kappa shape index (κ3) is 1.89. The SMILES string of the molecule is Cc1cc(C)c(C=C2C(=O)N([PH+]=O)c3ccccc32)[nH]1. The summed E-state index contributed by atoms with van der Waals surface area (Å²) in [7, 11) is -0.809. The minimum Gasteiger partial charge on any atom is -0.359 e. The van der Waals surface area contributed by atoms with E-state index in [1.54, 1.807) is 0 Å². The van der Waals surface area contributed by atoms with E-state index in [0.717, 1.165) is 22.5 Å². The number of para-hydroxylation sites is 1. The largest absolute Gasteiger partial charge is 0.456 e. The van der Waals surface area contributed by atoms with Gasteiger partial charge in [0.15, 0.2) is 0 Å². The molecular weight excluding hydrogens is 271 g/mol. The first-order valence-corrected chi connectivity index (χ1v) is 7.17. The van der Waals surface area contributed by atoms with E-state index in [1.165, 1.54) is 4.67 Å². The van der Waals surface area contributed by atoms with E-state index in [0.29, 0.717) is 11.3 Å². The molecule has 3 rings (SSSR count). The van der Waals surface area contributed by atoms with Gasteiger partial charge in [-0.05, 0) is 42.2 Å². The summed E-state index contributed by atoms with van der Waals surface area (Å²) < 4.78 is 12.6. The Morgan fingerprint density at radius 1 is 1.25 bits per heavy atom. The van der Waals surface area contributed by atoms with E-state index in [9.17, 15) is 9.36 Å². The highest BCUT2D eigenvalue weighted by Gasteiger charge is 2.37. The molecule has 20 heavy (non-hydrogen) atoms. The number of hydrogen-bond donors (Lipinski definition) is 1. The molecule has 1 aromatic heterocycles. The van der Waals surface area contributed by atoms with Crippen molar-refractivity contribution in [2.24, 2.45) is 0 Å². The number of carbonyl (C=O) groups is 1. The number of nitrogens with zero attached hydrogens (tertiary/aromatic N) is 1. The summed E-state index contributed by atoms with van der Waals surface area (Å²) in [6.07, 6.45) is 1.84. The first-order chi connectivity index (χ1) is 9.61. The Balaban J connectivity index is 2.17. The Morgan fingerprint density at radius 2 is 2.00 bits per heavy atom. The van der Waals surface area contributed by atoms with E-state index in [-0.39, 0.29) is 5.91 Å². The van der Waals surface area contributed by atoms with Gasteiger partial charge in [0, 0.05) is 17.0 Å². The van der Waals surface area contributed by atoms with Crippen LogP contribution in [0.4, 0.5) is 5.69 Å². The number of aryl methyl sites for hydroxylation is 2. The number of rotatable bonds is 2. The van der Waals surface area contributed by atoms with E-state index < -0.39 is 8.61 Å². The summed E-state index contributed by atoms with van der Waals surface area (Å²) in [5.41, 5.74) is 5.16. The van der Waals surface area contributed by atoms with Gasteiger partial charge in [0.25, 0.3) is 5.91 Å². The second-order valence-corrected chi connectivity index (χ2v) is 5.49. The van der Waals surface area contributed by atoms with Crippen molar-refractivity contribution in [3.8, 4) is 0 Å². The van der Waals surface area contributed by atoms with Crippen molar-refractivity contribution in [3.63, 3.8) is 0 Å². The summed E-state index contributed by atoms with van der Waals surface area (Å²) in [5, 5.41) is 0. The Bertz CT molecular complexity index is 746. The summed E-state index contributed by atoms with van der Waals surface area (Å²) in [4.78, 5) is 15.6. The molecule has 0 spiro atoms. The maximum atomic E-state index is 12.4. The van der Waals surface area contributed by atoms with Gasteiger partial charge < -0.3 is 4.98 Å². The molecule has 0 aliphatic carbocycles. The third-order valence-corrected chi connectivity index (χ3v) is 4.06. The lowest BCUT2D eigenvalue weighted by molar-refractivity contribution is -0.111. The molecular formula is C15H14N2O2P+. The van der Waals surface area contributed by atoms with Crippen molar-refractivity contribution in [2.75, 3.05) is 4.67 Å². The number of nitrogens with one attached hydrogen (secondary N) is 1. The molecule has 0 bridgehead atoms. The van der Waals surface area contributed by atoms with Gasteiger partial charge in [-0.1, -0.05) is 22.9 Å². The van der Waals surface area contributed by atoms with Crippen molar-refractivity contribution in [2.45, 2.75) is 13.8 Å². The monoisotopic (exact) mass is 285 g/mol. The maximum Gasteiger partial charge on any atom is 0.456 e. The summed E-state index contributed by atoms with van der Waals surface area (Å²) >= 11 is 0. The molecule has 100 valence electrons. The molecule has 1 atom stereocenters. The normalized spacial score (nSPS) is 16.2. The predicted molar refractivity (Wildman–Crippen MR) is 81.1 cm³/mol. The highest BCUT2D eigenvalue weighted by atomic mass is 31.1. The van der Waals surface area contributed by atoms with Crippen molar-refractivity contribution in [1.29, 1.82) is 0 Å². The van der Waals surface area contributed by atoms with Gasteiger partial charge in [-0.3, -0.25) is 4.79 Å². The molecule has 1 unspecified atom stereocenters. The van der Waals surface area contributed by atoms with Crippen LogP contribution < -0.4 is 4.67 Å². The van der Waals surface area contributed by atoms with Crippen molar-refractivity contribution in [1.82, 2.24) is 4.98 Å². The molecule has 0 saturated heterocycles. The third-order valence-electron chi connectivity index (χ3n) is 3.44. The Kier molecular flexibility index (Phi) is 3.03. The fraction of sp³-hybridized carbons (Fsp3) is 0.133. The lowest BCUT2D eigenvalue weighted by atomic mass is 10.1. The fourth-order valence-electron chi connectivity index (χ4n) is 2.52. The molecule has 1 aliphatic heterocycles. The molecule has 1 N–H and O–H groups in total. The molecule has 1 aliphatic rings. The van der Waals surface area contributed by atoms with Crippen LogP contribution in [0, 0.1) is 13.8 Å². The zero-order chi connectivity index (χ0) is 14.3. The van der Waals surface area contributed by atoms with Crippen LogP contribution in [0.25, 0.3) is 11.6 Å². The average molecular weight is 285 g/mol. The smallest absolute Gasteiger partial charge is 0.359 e. The number of carbonyl (C=O) groups excluding carboxylic acids is 1. The van der Waals surface area contributed by atoms with Crippen LogP contribution in [-0.2, 0) is 9.36 Å². The Morgan fingerprint density at radius 3 is 2.65 bits per heavy atom. The van der Waals surface area contributed by atoms with Crippen LogP contribution in [0.1, 0.15) is 22.5 Å². The van der Waals surface area contributed by atoms with Gasteiger partial charge in [0.05, 0.1) is 5.57 Å². The maximum absolute atomic E-state index is 12.4. The van der Waals surface area contributed by atoms with Gasteiger partial charge in [-0.2, -0.15) is 0 Å². The van der Waals surface area contributed by atoms with E-state index in [1.807, 2.05) is 50.3 Å².